The molecule has 1 aromatic heterocycles. The van der Waals surface area contributed by atoms with Crippen molar-refractivity contribution in [3.63, 3.8) is 0 Å². The maximum Gasteiger partial charge on any atom is 0.0726 e. The van der Waals surface area contributed by atoms with Crippen molar-refractivity contribution < 1.29 is 16.4 Å². The summed E-state index contributed by atoms with van der Waals surface area (Å²) in [7, 11) is 0. The number of para-hydroxylation sites is 1. The van der Waals surface area contributed by atoms with Gasteiger partial charge >= 0.3 is 0 Å². The van der Waals surface area contributed by atoms with Gasteiger partial charge in [-0.1, -0.05) is 194 Å². The number of anilines is 3. The van der Waals surface area contributed by atoms with Crippen LogP contribution in [0.25, 0.3) is 72.0 Å². The van der Waals surface area contributed by atoms with Crippen molar-refractivity contribution in [2.45, 2.75) is 5.41 Å². The molecular formula is C61H40N2. The van der Waals surface area contributed by atoms with Gasteiger partial charge in [0.05, 0.1) is 38.6 Å². The van der Waals surface area contributed by atoms with Crippen LogP contribution in [-0.4, -0.2) is 4.57 Å². The first kappa shape index (κ1) is 25.5. The van der Waals surface area contributed by atoms with E-state index in [0.29, 0.717) is 11.3 Å². The minimum absolute atomic E-state index is 0.0588. The van der Waals surface area contributed by atoms with Crippen LogP contribution < -0.4 is 4.90 Å². The first-order valence-electron chi connectivity index (χ1n) is 26.9. The molecule has 0 saturated carbocycles. The second-order valence-corrected chi connectivity index (χ2v) is 15.9. The Hall–Kier alpha value is -8.20. The van der Waals surface area contributed by atoms with Crippen LogP contribution in [0.3, 0.4) is 0 Å². The average molecular weight is 813 g/mol. The molecule has 0 atom stereocenters. The van der Waals surface area contributed by atoms with E-state index in [4.69, 9.17) is 8.22 Å². The Labute approximate surface area is 384 Å². The second-order valence-electron chi connectivity index (χ2n) is 15.9. The molecule has 0 N–H and O–H groups in total. The van der Waals surface area contributed by atoms with Gasteiger partial charge in [0, 0.05) is 33.4 Å². The van der Waals surface area contributed by atoms with E-state index in [0.717, 1.165) is 61.1 Å². The minimum atomic E-state index is -2.06. The fourth-order valence-electron chi connectivity index (χ4n) is 10.1. The summed E-state index contributed by atoms with van der Waals surface area (Å²) in [5, 5.41) is 1.78. The highest BCUT2D eigenvalue weighted by Crippen LogP contribution is 2.63. The zero-order chi connectivity index (χ0) is 51.9. The third-order valence-corrected chi connectivity index (χ3v) is 12.8. The zero-order valence-electron chi connectivity index (χ0n) is 45.6. The van der Waals surface area contributed by atoms with Crippen LogP contribution in [0.5, 0.6) is 0 Å². The van der Waals surface area contributed by atoms with Crippen LogP contribution in [0.2, 0.25) is 0 Å². The SMILES string of the molecule is [2H]c1c([2H])c([2H])c2c(c1[2H])-c1c(-n3c4ccccc4c4ccc(N(c5ccc(-c6ccccc6)cc5)c5ccc(-c6ccccc6)cc5)cc43)cccc1C21c2c([2H])c([2H])c([2H])c([2H])c2-c2c([2H])c([2H])c([2H])c([2H])c21. The molecule has 1 spiro atoms. The number of aromatic nitrogens is 1. The summed E-state index contributed by atoms with van der Waals surface area (Å²) in [6.07, 6.45) is 0. The van der Waals surface area contributed by atoms with E-state index in [2.05, 4.69) is 100 Å². The van der Waals surface area contributed by atoms with E-state index in [1.165, 1.54) is 0 Å². The Kier molecular flexibility index (Phi) is 5.64. The number of nitrogens with zero attached hydrogens (tertiary/aromatic N) is 2. The number of hydrogen-bond acceptors (Lipinski definition) is 1. The van der Waals surface area contributed by atoms with E-state index >= 15 is 0 Å². The van der Waals surface area contributed by atoms with Gasteiger partial charge in [-0.15, -0.1) is 0 Å². The Morgan fingerprint density at radius 1 is 0.365 bits per heavy atom. The number of hydrogen-bond donors (Lipinski definition) is 0. The molecule has 63 heavy (non-hydrogen) atoms. The molecule has 2 aliphatic rings. The molecule has 2 heteroatoms. The van der Waals surface area contributed by atoms with Gasteiger partial charge in [-0.25, -0.2) is 0 Å². The predicted molar refractivity (Wildman–Crippen MR) is 263 cm³/mol. The Balaban J connectivity index is 1.12. The van der Waals surface area contributed by atoms with Crippen molar-refractivity contribution in [2.75, 3.05) is 4.90 Å². The Bertz CT molecular complexity index is 4100. The average Bonchev–Trinajstić information content (AvgIpc) is 4.22. The van der Waals surface area contributed by atoms with Crippen molar-refractivity contribution in [1.82, 2.24) is 4.57 Å². The van der Waals surface area contributed by atoms with Crippen molar-refractivity contribution in [2.24, 2.45) is 0 Å². The molecule has 0 aliphatic heterocycles. The second kappa shape index (κ2) is 13.9. The molecule has 0 unspecified atom stereocenters. The lowest BCUT2D eigenvalue weighted by Crippen LogP contribution is -2.25. The lowest BCUT2D eigenvalue weighted by Gasteiger charge is -2.30. The number of rotatable bonds is 6. The van der Waals surface area contributed by atoms with Gasteiger partial charge in [-0.2, -0.15) is 0 Å². The first-order valence-corrected chi connectivity index (χ1v) is 20.9. The van der Waals surface area contributed by atoms with Gasteiger partial charge in [0.2, 0.25) is 0 Å². The number of fused-ring (bicyclic) bond motifs is 13. The largest absolute Gasteiger partial charge is 0.310 e. The molecule has 2 nitrogen and oxygen atoms in total. The van der Waals surface area contributed by atoms with E-state index in [1.54, 1.807) is 12.1 Å². The third kappa shape index (κ3) is 5.19. The van der Waals surface area contributed by atoms with Crippen molar-refractivity contribution in [3.05, 3.63) is 265 Å². The molecule has 1 heterocycles. The fraction of sp³-hybridized carbons (Fsp3) is 0.0164. The van der Waals surface area contributed by atoms with Crippen molar-refractivity contribution in [3.8, 4) is 50.2 Å². The number of benzene rings is 10. The summed E-state index contributed by atoms with van der Waals surface area (Å²) < 4.78 is 114. The monoisotopic (exact) mass is 812 g/mol. The highest BCUT2D eigenvalue weighted by Gasteiger charge is 2.52. The molecule has 0 fully saturated rings. The summed E-state index contributed by atoms with van der Waals surface area (Å²) >= 11 is 0. The smallest absolute Gasteiger partial charge is 0.0726 e. The zero-order valence-corrected chi connectivity index (χ0v) is 33.6. The third-order valence-electron chi connectivity index (χ3n) is 12.8. The summed E-state index contributed by atoms with van der Waals surface area (Å²) in [5.74, 6) is 0. The molecule has 2 aliphatic carbocycles. The fourth-order valence-corrected chi connectivity index (χ4v) is 10.1. The Morgan fingerprint density at radius 2 is 0.841 bits per heavy atom. The van der Waals surface area contributed by atoms with Gasteiger partial charge < -0.3 is 9.47 Å². The molecule has 11 aromatic rings. The Morgan fingerprint density at radius 3 is 1.44 bits per heavy atom. The van der Waals surface area contributed by atoms with Gasteiger partial charge in [0.15, 0.2) is 0 Å². The maximum absolute atomic E-state index is 9.79. The highest BCUT2D eigenvalue weighted by atomic mass is 15.1. The summed E-state index contributed by atoms with van der Waals surface area (Å²) in [4.78, 5) is 2.19. The summed E-state index contributed by atoms with van der Waals surface area (Å²) in [5.41, 5.74) is 6.95. The van der Waals surface area contributed by atoms with Crippen molar-refractivity contribution >= 4 is 38.9 Å². The molecule has 0 radical (unpaired) electrons. The van der Waals surface area contributed by atoms with Crippen LogP contribution in [0.15, 0.2) is 242 Å². The van der Waals surface area contributed by atoms with Crippen molar-refractivity contribution in [1.29, 1.82) is 0 Å². The minimum Gasteiger partial charge on any atom is -0.310 e. The van der Waals surface area contributed by atoms with Gasteiger partial charge in [0.25, 0.3) is 0 Å². The van der Waals surface area contributed by atoms with E-state index < -0.39 is 77.9 Å². The summed E-state index contributed by atoms with van der Waals surface area (Å²) in [6, 6.07) is 50.1. The van der Waals surface area contributed by atoms with Crippen LogP contribution in [0, 0.1) is 0 Å². The van der Waals surface area contributed by atoms with Gasteiger partial charge in [-0.3, -0.25) is 0 Å². The molecule has 10 aromatic carbocycles. The molecule has 294 valence electrons. The van der Waals surface area contributed by atoms with Gasteiger partial charge in [-0.05, 0) is 110 Å². The van der Waals surface area contributed by atoms with E-state index in [9.17, 15) is 8.22 Å². The van der Waals surface area contributed by atoms with Crippen LogP contribution >= 0.6 is 0 Å². The van der Waals surface area contributed by atoms with Gasteiger partial charge in [0.1, 0.15) is 0 Å². The van der Waals surface area contributed by atoms with Crippen LogP contribution in [-0.2, 0) is 5.41 Å². The maximum atomic E-state index is 9.79. The molecule has 13 rings (SSSR count). The topological polar surface area (TPSA) is 8.17 Å². The summed E-state index contributed by atoms with van der Waals surface area (Å²) in [6.45, 7) is 0. The molecule has 0 bridgehead atoms. The predicted octanol–water partition coefficient (Wildman–Crippen LogP) is 15.9. The lowest BCUT2D eigenvalue weighted by atomic mass is 9.70. The quantitative estimate of drug-likeness (QED) is 0.162. The molecular weight excluding hydrogens is 761 g/mol. The first-order chi connectivity index (χ1) is 36.2. The standard InChI is InChI=1S/C61H40N2/c1-3-16-41(17-4-1)43-30-34-45(35-31-43)62(46-36-32-44(33-37-46)42-18-5-2-6-19-42)47-38-39-51-50-22-10-14-28-57(50)63(59(51)40-47)58-29-15-27-56-60(58)52-23-9-13-26-55(52)61(56)53-24-11-7-20-48(53)49-21-8-12-25-54(49)61/h1-40H/i7D,8D,9D,11D,12D,13D,20D,21D,23D,24D,25D,26D. The highest BCUT2D eigenvalue weighted by molar-refractivity contribution is 6.11. The van der Waals surface area contributed by atoms with Crippen LogP contribution in [0.1, 0.15) is 38.7 Å². The molecule has 0 amide bonds. The molecule has 0 saturated heterocycles. The van der Waals surface area contributed by atoms with Crippen LogP contribution in [0.4, 0.5) is 17.1 Å². The van der Waals surface area contributed by atoms with E-state index in [-0.39, 0.29) is 38.9 Å². The van der Waals surface area contributed by atoms with E-state index in [1.807, 2.05) is 66.7 Å². The lowest BCUT2D eigenvalue weighted by molar-refractivity contribution is 0.793. The normalized spacial score (nSPS) is 15.6.